The van der Waals surface area contributed by atoms with Crippen LogP contribution in [0.3, 0.4) is 0 Å². The molecule has 5 nitrogen and oxygen atoms in total. The Labute approximate surface area is 145 Å². The second-order valence-corrected chi connectivity index (χ2v) is 8.11. The predicted molar refractivity (Wildman–Crippen MR) is 92.5 cm³/mol. The molecule has 1 unspecified atom stereocenters. The maximum Gasteiger partial charge on any atom is 0.232 e. The van der Waals surface area contributed by atoms with Gasteiger partial charge in [-0.05, 0) is 48.9 Å². The van der Waals surface area contributed by atoms with Crippen LogP contribution < -0.4 is 10.1 Å². The van der Waals surface area contributed by atoms with Gasteiger partial charge in [0.2, 0.25) is 5.91 Å². The number of halogens is 1. The van der Waals surface area contributed by atoms with E-state index in [2.05, 4.69) is 5.32 Å². The van der Waals surface area contributed by atoms with Crippen molar-refractivity contribution in [1.29, 1.82) is 0 Å². The summed E-state index contributed by atoms with van der Waals surface area (Å²) in [6, 6.07) is 11.3. The molecule has 24 heavy (non-hydrogen) atoms. The number of benzene rings is 2. The van der Waals surface area contributed by atoms with E-state index in [0.717, 1.165) is 11.8 Å². The quantitative estimate of drug-likeness (QED) is 0.906. The Kier molecular flexibility index (Phi) is 4.51. The monoisotopic (exact) mass is 365 g/mol. The summed E-state index contributed by atoms with van der Waals surface area (Å²) in [6.07, 6.45) is 1.70. The van der Waals surface area contributed by atoms with E-state index in [0.29, 0.717) is 29.5 Å². The number of fused-ring (bicyclic) bond motifs is 1. The summed E-state index contributed by atoms with van der Waals surface area (Å²) < 4.78 is 28.5. The lowest BCUT2D eigenvalue weighted by Crippen LogP contribution is -2.26. The minimum atomic E-state index is -3.26. The molecule has 1 N–H and O–H groups in total. The second-order valence-electron chi connectivity index (χ2n) is 5.66. The van der Waals surface area contributed by atoms with Crippen molar-refractivity contribution in [2.45, 2.75) is 17.2 Å². The molecule has 2 aromatic rings. The van der Waals surface area contributed by atoms with E-state index in [1.807, 2.05) is 0 Å². The molecule has 2 aromatic carbocycles. The third kappa shape index (κ3) is 3.55. The molecule has 126 valence electrons. The first kappa shape index (κ1) is 16.8. The van der Waals surface area contributed by atoms with Gasteiger partial charge in [-0.1, -0.05) is 11.6 Å². The zero-order chi connectivity index (χ0) is 17.3. The number of rotatable bonds is 3. The number of carbonyl (C=O) groups is 1. The van der Waals surface area contributed by atoms with E-state index >= 15 is 0 Å². The lowest BCUT2D eigenvalue weighted by Gasteiger charge is -2.25. The highest BCUT2D eigenvalue weighted by Crippen LogP contribution is 2.36. The Balaban J connectivity index is 1.80. The molecule has 0 fully saturated rings. The second kappa shape index (κ2) is 6.45. The molecule has 0 saturated heterocycles. The molecular formula is C17H16ClNO4S. The van der Waals surface area contributed by atoms with Gasteiger partial charge < -0.3 is 10.1 Å². The van der Waals surface area contributed by atoms with Gasteiger partial charge in [0.15, 0.2) is 9.84 Å². The molecule has 7 heteroatoms. The molecule has 1 aliphatic heterocycles. The highest BCUT2D eigenvalue weighted by Gasteiger charge is 2.28. The summed E-state index contributed by atoms with van der Waals surface area (Å²) in [5, 5.41) is 3.37. The van der Waals surface area contributed by atoms with Crippen molar-refractivity contribution in [3.8, 4) is 5.75 Å². The summed E-state index contributed by atoms with van der Waals surface area (Å²) in [7, 11) is -3.26. The molecule has 3 rings (SSSR count). The fourth-order valence-corrected chi connectivity index (χ4v) is 3.46. The van der Waals surface area contributed by atoms with E-state index < -0.39 is 9.84 Å². The van der Waals surface area contributed by atoms with Crippen molar-refractivity contribution < 1.29 is 17.9 Å². The van der Waals surface area contributed by atoms with Crippen molar-refractivity contribution in [2.24, 2.45) is 0 Å². The van der Waals surface area contributed by atoms with Crippen LogP contribution in [-0.4, -0.2) is 27.2 Å². The number of ether oxygens (including phenoxy) is 1. The molecule has 1 amide bonds. The van der Waals surface area contributed by atoms with Gasteiger partial charge in [0.1, 0.15) is 5.75 Å². The Morgan fingerprint density at radius 1 is 1.21 bits per heavy atom. The average Bonchev–Trinajstić information content (AvgIpc) is 2.53. The van der Waals surface area contributed by atoms with Crippen LogP contribution in [-0.2, 0) is 14.6 Å². The molecule has 0 aliphatic carbocycles. The van der Waals surface area contributed by atoms with Crippen LogP contribution >= 0.6 is 11.6 Å². The summed E-state index contributed by atoms with van der Waals surface area (Å²) in [4.78, 5) is 12.8. The van der Waals surface area contributed by atoms with Crippen molar-refractivity contribution in [2.75, 3.05) is 18.2 Å². The maximum atomic E-state index is 12.6. The van der Waals surface area contributed by atoms with E-state index in [1.54, 1.807) is 30.3 Å². The Morgan fingerprint density at radius 3 is 2.58 bits per heavy atom. The van der Waals surface area contributed by atoms with E-state index in [1.165, 1.54) is 12.1 Å². The SMILES string of the molecule is CS(=O)(=O)c1ccc(NC(=O)C2CCOc3ccc(Cl)cc32)cc1. The molecule has 0 spiro atoms. The van der Waals surface area contributed by atoms with Gasteiger partial charge in [0.05, 0.1) is 17.4 Å². The average molecular weight is 366 g/mol. The first-order valence-corrected chi connectivity index (χ1v) is 9.65. The number of anilines is 1. The molecule has 0 bridgehead atoms. The third-order valence-corrected chi connectivity index (χ3v) is 5.24. The molecule has 1 atom stereocenters. The van der Waals surface area contributed by atoms with Crippen LogP contribution in [0.4, 0.5) is 5.69 Å². The summed E-state index contributed by atoms with van der Waals surface area (Å²) in [5.41, 5.74) is 1.31. The maximum absolute atomic E-state index is 12.6. The molecule has 0 aromatic heterocycles. The smallest absolute Gasteiger partial charge is 0.232 e. The van der Waals surface area contributed by atoms with E-state index in [9.17, 15) is 13.2 Å². The minimum absolute atomic E-state index is 0.172. The van der Waals surface area contributed by atoms with Gasteiger partial charge in [0.25, 0.3) is 0 Å². The van der Waals surface area contributed by atoms with Gasteiger partial charge in [-0.2, -0.15) is 0 Å². The normalized spacial score (nSPS) is 16.8. The Hall–Kier alpha value is -2.05. The van der Waals surface area contributed by atoms with E-state index in [-0.39, 0.29) is 16.7 Å². The van der Waals surface area contributed by atoms with Crippen molar-refractivity contribution in [3.63, 3.8) is 0 Å². The fraction of sp³-hybridized carbons (Fsp3) is 0.235. The molecule has 1 heterocycles. The first-order valence-electron chi connectivity index (χ1n) is 7.38. The molecule has 1 aliphatic rings. The standard InChI is InChI=1S/C17H16ClNO4S/c1-24(21,22)13-5-3-12(4-6-13)19-17(20)14-8-9-23-16-7-2-11(18)10-15(14)16/h2-7,10,14H,8-9H2,1H3,(H,19,20). The number of hydrogen-bond donors (Lipinski definition) is 1. The van der Waals surface area contributed by atoms with Crippen LogP contribution in [0.2, 0.25) is 5.02 Å². The van der Waals surface area contributed by atoms with Crippen molar-refractivity contribution in [1.82, 2.24) is 0 Å². The largest absolute Gasteiger partial charge is 0.493 e. The van der Waals surface area contributed by atoms with Gasteiger partial charge in [-0.15, -0.1) is 0 Å². The van der Waals surface area contributed by atoms with Crippen molar-refractivity contribution >= 4 is 33.0 Å². The van der Waals surface area contributed by atoms with Crippen LogP contribution in [0, 0.1) is 0 Å². The summed E-state index contributed by atoms with van der Waals surface area (Å²) >= 11 is 6.02. The predicted octanol–water partition coefficient (Wildman–Crippen LogP) is 3.25. The Morgan fingerprint density at radius 2 is 1.92 bits per heavy atom. The fourth-order valence-electron chi connectivity index (χ4n) is 2.65. The number of hydrogen-bond acceptors (Lipinski definition) is 4. The summed E-state index contributed by atoms with van der Waals surface area (Å²) in [6.45, 7) is 0.458. The lowest BCUT2D eigenvalue weighted by atomic mass is 9.92. The topological polar surface area (TPSA) is 72.5 Å². The highest BCUT2D eigenvalue weighted by atomic mass is 35.5. The minimum Gasteiger partial charge on any atom is -0.493 e. The van der Waals surface area contributed by atoms with Crippen LogP contribution in [0.5, 0.6) is 5.75 Å². The Bertz CT molecular complexity index is 878. The number of sulfone groups is 1. The van der Waals surface area contributed by atoms with Crippen LogP contribution in [0.25, 0.3) is 0 Å². The first-order chi connectivity index (χ1) is 11.3. The van der Waals surface area contributed by atoms with Gasteiger partial charge in [0, 0.05) is 22.5 Å². The summed E-state index contributed by atoms with van der Waals surface area (Å²) in [5.74, 6) is 0.134. The molecule has 0 radical (unpaired) electrons. The molecular weight excluding hydrogens is 350 g/mol. The van der Waals surface area contributed by atoms with Crippen LogP contribution in [0.15, 0.2) is 47.4 Å². The zero-order valence-corrected chi connectivity index (χ0v) is 14.5. The van der Waals surface area contributed by atoms with Gasteiger partial charge in [-0.3, -0.25) is 4.79 Å². The highest BCUT2D eigenvalue weighted by molar-refractivity contribution is 7.90. The van der Waals surface area contributed by atoms with Crippen LogP contribution in [0.1, 0.15) is 17.9 Å². The van der Waals surface area contributed by atoms with Crippen molar-refractivity contribution in [3.05, 3.63) is 53.1 Å². The van der Waals surface area contributed by atoms with E-state index in [4.69, 9.17) is 16.3 Å². The van der Waals surface area contributed by atoms with Gasteiger partial charge >= 0.3 is 0 Å². The van der Waals surface area contributed by atoms with Gasteiger partial charge in [-0.25, -0.2) is 8.42 Å². The zero-order valence-electron chi connectivity index (χ0n) is 13.0. The lowest BCUT2D eigenvalue weighted by molar-refractivity contribution is -0.118. The number of carbonyl (C=O) groups excluding carboxylic acids is 1. The third-order valence-electron chi connectivity index (χ3n) is 3.88. The number of amides is 1. The molecule has 0 saturated carbocycles. The number of nitrogens with one attached hydrogen (secondary N) is 1.